The van der Waals surface area contributed by atoms with Crippen LogP contribution in [0.3, 0.4) is 0 Å². The molecule has 0 aliphatic heterocycles. The van der Waals surface area contributed by atoms with Crippen molar-refractivity contribution in [1.82, 2.24) is 0 Å². The number of ether oxygens (including phenoxy) is 1. The number of nitro benzene ring substituents is 1. The van der Waals surface area contributed by atoms with E-state index in [4.69, 9.17) is 9.88 Å². The summed E-state index contributed by atoms with van der Waals surface area (Å²) in [6.45, 7) is 3.43. The van der Waals surface area contributed by atoms with Gasteiger partial charge in [0, 0.05) is 12.1 Å². The molecule has 0 heterocycles. The Morgan fingerprint density at radius 2 is 2.06 bits per heavy atom. The number of hydrogen-bond acceptors (Lipinski definition) is 5. The maximum Gasteiger partial charge on any atom is 0.271 e. The third-order valence-corrected chi connectivity index (χ3v) is 2.95. The molecule has 0 spiro atoms. The summed E-state index contributed by atoms with van der Waals surface area (Å²) < 4.78 is 27.8. The van der Waals surface area contributed by atoms with Crippen LogP contribution in [0.2, 0.25) is 0 Å². The van der Waals surface area contributed by atoms with Gasteiger partial charge < -0.3 is 4.74 Å². The first-order valence-corrected chi connectivity index (χ1v) is 6.26. The average molecular weight is 260 g/mol. The number of benzene rings is 1. The number of rotatable bonds is 4. The molecule has 0 atom stereocenters. The van der Waals surface area contributed by atoms with Crippen LogP contribution in [0.25, 0.3) is 0 Å². The molecule has 0 fully saturated rings. The van der Waals surface area contributed by atoms with E-state index in [9.17, 15) is 18.5 Å². The minimum absolute atomic E-state index is 0.0561. The van der Waals surface area contributed by atoms with Crippen LogP contribution in [0.4, 0.5) is 5.69 Å². The summed E-state index contributed by atoms with van der Waals surface area (Å²) in [4.78, 5) is 9.58. The highest BCUT2D eigenvalue weighted by molar-refractivity contribution is 7.89. The molecule has 0 aliphatic rings. The van der Waals surface area contributed by atoms with Gasteiger partial charge in [-0.1, -0.05) is 0 Å². The number of nitro groups is 1. The molecular weight excluding hydrogens is 248 g/mol. The maximum absolute atomic E-state index is 11.3. The summed E-state index contributed by atoms with van der Waals surface area (Å²) in [7, 11) is -4.06. The van der Waals surface area contributed by atoms with Crippen molar-refractivity contribution in [2.24, 2.45) is 5.14 Å². The Morgan fingerprint density at radius 3 is 2.47 bits per heavy atom. The molecule has 0 saturated carbocycles. The normalized spacial score (nSPS) is 11.2. The molecule has 94 valence electrons. The van der Waals surface area contributed by atoms with Crippen LogP contribution in [-0.4, -0.2) is 19.9 Å². The Kier molecular flexibility index (Phi) is 3.69. The topological polar surface area (TPSA) is 113 Å². The van der Waals surface area contributed by atoms with Crippen molar-refractivity contribution in [1.29, 1.82) is 0 Å². The first-order valence-electron chi connectivity index (χ1n) is 4.72. The number of primary sulfonamides is 1. The molecule has 0 unspecified atom stereocenters. The highest BCUT2D eigenvalue weighted by Crippen LogP contribution is 2.31. The fourth-order valence-electron chi connectivity index (χ4n) is 1.37. The van der Waals surface area contributed by atoms with Crippen LogP contribution in [0, 0.1) is 17.0 Å². The minimum atomic E-state index is -4.06. The predicted molar refractivity (Wildman–Crippen MR) is 60.4 cm³/mol. The van der Waals surface area contributed by atoms with Crippen LogP contribution >= 0.6 is 0 Å². The third kappa shape index (κ3) is 2.92. The van der Waals surface area contributed by atoms with E-state index in [2.05, 4.69) is 0 Å². The summed E-state index contributed by atoms with van der Waals surface area (Å²) in [5.74, 6) is 0.0561. The summed E-state index contributed by atoms with van der Waals surface area (Å²) in [5, 5.41) is 15.6. The first-order chi connectivity index (χ1) is 7.77. The predicted octanol–water partition coefficient (Wildman–Crippen LogP) is 0.949. The Bertz CT molecular complexity index is 553. The molecular formula is C9H12N2O5S. The second-order valence-corrected chi connectivity index (χ2v) is 4.85. The van der Waals surface area contributed by atoms with Gasteiger partial charge in [-0.25, -0.2) is 13.6 Å². The van der Waals surface area contributed by atoms with Gasteiger partial charge in [-0.05, 0) is 19.4 Å². The highest BCUT2D eigenvalue weighted by atomic mass is 32.2. The number of aryl methyl sites for hydroxylation is 1. The van der Waals surface area contributed by atoms with Crippen molar-refractivity contribution >= 4 is 15.7 Å². The molecule has 0 saturated heterocycles. The molecule has 7 nitrogen and oxygen atoms in total. The molecule has 1 aromatic rings. The molecule has 0 aromatic heterocycles. The summed E-state index contributed by atoms with van der Waals surface area (Å²) in [5.41, 5.74) is 0.0139. The Balaban J connectivity index is 3.56. The summed E-state index contributed by atoms with van der Waals surface area (Å²) >= 11 is 0. The molecule has 0 bridgehead atoms. The van der Waals surface area contributed by atoms with Gasteiger partial charge in [0.25, 0.3) is 5.69 Å². The quantitative estimate of drug-likeness (QED) is 0.639. The smallest absolute Gasteiger partial charge is 0.271 e. The fraction of sp³-hybridized carbons (Fsp3) is 0.333. The largest absolute Gasteiger partial charge is 0.492 e. The van der Waals surface area contributed by atoms with E-state index >= 15 is 0 Å². The molecule has 8 heteroatoms. The number of non-ortho nitro benzene ring substituents is 1. The van der Waals surface area contributed by atoms with E-state index in [1.165, 1.54) is 13.0 Å². The molecule has 2 N–H and O–H groups in total. The fourth-order valence-corrected chi connectivity index (χ4v) is 2.13. The summed E-state index contributed by atoms with van der Waals surface area (Å²) in [6.07, 6.45) is 0. The van der Waals surface area contributed by atoms with Crippen molar-refractivity contribution in [3.63, 3.8) is 0 Å². The van der Waals surface area contributed by atoms with Gasteiger partial charge in [-0.3, -0.25) is 10.1 Å². The van der Waals surface area contributed by atoms with E-state index < -0.39 is 14.9 Å². The molecule has 0 aliphatic carbocycles. The van der Waals surface area contributed by atoms with E-state index in [1.807, 2.05) is 0 Å². The minimum Gasteiger partial charge on any atom is -0.492 e. The van der Waals surface area contributed by atoms with Gasteiger partial charge in [0.2, 0.25) is 10.0 Å². The zero-order valence-corrected chi connectivity index (χ0v) is 10.2. The van der Waals surface area contributed by atoms with E-state index in [1.54, 1.807) is 6.92 Å². The second kappa shape index (κ2) is 4.68. The average Bonchev–Trinajstić information content (AvgIpc) is 2.18. The van der Waals surface area contributed by atoms with Crippen LogP contribution in [0.1, 0.15) is 12.5 Å². The number of sulfonamides is 1. The van der Waals surface area contributed by atoms with Gasteiger partial charge >= 0.3 is 0 Å². The lowest BCUT2D eigenvalue weighted by Crippen LogP contribution is -2.15. The van der Waals surface area contributed by atoms with Gasteiger partial charge in [-0.2, -0.15) is 0 Å². The zero-order valence-electron chi connectivity index (χ0n) is 9.34. The number of hydrogen-bond donors (Lipinski definition) is 1. The Labute approximate surface area is 98.4 Å². The monoisotopic (exact) mass is 260 g/mol. The number of nitrogens with two attached hydrogens (primary N) is 1. The van der Waals surface area contributed by atoms with Gasteiger partial charge in [-0.15, -0.1) is 0 Å². The standard InChI is InChI=1S/C9H12N2O5S/c1-3-16-9-6(2)4-7(11(12)13)5-8(9)17(10,14)15/h4-5H,3H2,1-2H3,(H2,10,14,15). The van der Waals surface area contributed by atoms with Gasteiger partial charge in [0.05, 0.1) is 11.5 Å². The molecule has 0 radical (unpaired) electrons. The molecule has 0 amide bonds. The number of nitrogens with zero attached hydrogens (tertiary/aromatic N) is 1. The van der Waals surface area contributed by atoms with Crippen LogP contribution in [-0.2, 0) is 10.0 Å². The highest BCUT2D eigenvalue weighted by Gasteiger charge is 2.22. The van der Waals surface area contributed by atoms with Crippen molar-refractivity contribution in [3.8, 4) is 5.75 Å². The third-order valence-electron chi connectivity index (χ3n) is 2.03. The molecule has 17 heavy (non-hydrogen) atoms. The van der Waals surface area contributed by atoms with E-state index in [0.29, 0.717) is 5.56 Å². The van der Waals surface area contributed by atoms with Crippen molar-refractivity contribution < 1.29 is 18.1 Å². The van der Waals surface area contributed by atoms with Crippen molar-refractivity contribution in [2.45, 2.75) is 18.7 Å². The van der Waals surface area contributed by atoms with Crippen molar-refractivity contribution in [2.75, 3.05) is 6.61 Å². The Morgan fingerprint density at radius 1 is 1.47 bits per heavy atom. The molecule has 1 rings (SSSR count). The first kappa shape index (κ1) is 13.4. The van der Waals surface area contributed by atoms with Crippen LogP contribution in [0.15, 0.2) is 17.0 Å². The molecule has 1 aromatic carbocycles. The summed E-state index contributed by atoms with van der Waals surface area (Å²) in [6, 6.07) is 2.13. The van der Waals surface area contributed by atoms with Gasteiger partial charge in [0.1, 0.15) is 10.6 Å². The zero-order chi connectivity index (χ0) is 13.2. The van der Waals surface area contributed by atoms with E-state index in [0.717, 1.165) is 6.07 Å². The second-order valence-electron chi connectivity index (χ2n) is 3.33. The lowest BCUT2D eigenvalue weighted by Gasteiger charge is -2.11. The van der Waals surface area contributed by atoms with Crippen LogP contribution in [0.5, 0.6) is 5.75 Å². The Hall–Kier alpha value is -1.67. The van der Waals surface area contributed by atoms with Gasteiger partial charge in [0.15, 0.2) is 0 Å². The maximum atomic E-state index is 11.3. The van der Waals surface area contributed by atoms with Crippen LogP contribution < -0.4 is 9.88 Å². The van der Waals surface area contributed by atoms with E-state index in [-0.39, 0.29) is 22.9 Å². The SMILES string of the molecule is CCOc1c(C)cc([N+](=O)[O-])cc1S(N)(=O)=O. The van der Waals surface area contributed by atoms with Crippen molar-refractivity contribution in [3.05, 3.63) is 27.8 Å². The lowest BCUT2D eigenvalue weighted by atomic mass is 10.2. The lowest BCUT2D eigenvalue weighted by molar-refractivity contribution is -0.385.